The zero-order valence-corrected chi connectivity index (χ0v) is 14.2. The topological polar surface area (TPSA) is 35.6 Å². The minimum absolute atomic E-state index is 0.137. The molecule has 1 aromatic rings. The van der Waals surface area contributed by atoms with Crippen LogP contribution >= 0.6 is 0 Å². The Morgan fingerprint density at radius 3 is 2.52 bits per heavy atom. The van der Waals surface area contributed by atoms with Crippen LogP contribution in [0.1, 0.15) is 45.4 Å². The molecule has 1 aliphatic heterocycles. The van der Waals surface area contributed by atoms with E-state index < -0.39 is 0 Å². The van der Waals surface area contributed by atoms with Gasteiger partial charge in [0.1, 0.15) is 0 Å². The summed E-state index contributed by atoms with van der Waals surface area (Å²) in [6.45, 7) is 4.94. The number of carbonyl (C=O) groups is 1. The molecule has 2 amide bonds. The second-order valence-corrected chi connectivity index (χ2v) is 6.87. The Bertz CT molecular complexity index is 493. The van der Waals surface area contributed by atoms with E-state index in [0.717, 1.165) is 38.9 Å². The van der Waals surface area contributed by atoms with Crippen molar-refractivity contribution in [2.45, 2.75) is 57.5 Å². The maximum Gasteiger partial charge on any atom is 0.317 e. The van der Waals surface area contributed by atoms with E-state index in [-0.39, 0.29) is 6.03 Å². The van der Waals surface area contributed by atoms with E-state index in [1.165, 1.54) is 24.9 Å². The fourth-order valence-corrected chi connectivity index (χ4v) is 3.71. The van der Waals surface area contributed by atoms with Gasteiger partial charge in [0, 0.05) is 31.4 Å². The molecule has 4 heteroatoms. The Morgan fingerprint density at radius 1 is 1.17 bits per heavy atom. The predicted octanol–water partition coefficient (Wildman–Crippen LogP) is 3.63. The van der Waals surface area contributed by atoms with Crippen molar-refractivity contribution in [2.75, 3.05) is 24.5 Å². The molecule has 3 rings (SSSR count). The number of hydrogen-bond acceptors (Lipinski definition) is 2. The lowest BCUT2D eigenvalue weighted by Crippen LogP contribution is -2.64. The first-order valence-electron chi connectivity index (χ1n) is 9.15. The molecule has 1 saturated heterocycles. The number of hydrogen-bond donors (Lipinski definition) is 1. The molecule has 1 saturated carbocycles. The molecule has 126 valence electrons. The Morgan fingerprint density at radius 2 is 1.87 bits per heavy atom. The molecular formula is C19H29N3O. The minimum atomic E-state index is 0.137. The fourth-order valence-electron chi connectivity index (χ4n) is 3.71. The van der Waals surface area contributed by atoms with Crippen LogP contribution in [-0.4, -0.2) is 42.6 Å². The number of amides is 2. The molecule has 4 nitrogen and oxygen atoms in total. The molecular weight excluding hydrogens is 286 g/mol. The standard InChI is InChI=1S/C19H29N3O/c1-2-13-22(17-11-7-4-8-12-17)18-14-21(15-18)19(23)20-16-9-5-3-6-10-16/h4,7-8,11-12,16,18H,2-3,5-6,9-10,13-15H2,1H3,(H,20,23). The second kappa shape index (κ2) is 7.71. The highest BCUT2D eigenvalue weighted by Gasteiger charge is 2.35. The van der Waals surface area contributed by atoms with E-state index in [0.29, 0.717) is 12.1 Å². The highest BCUT2D eigenvalue weighted by atomic mass is 16.2. The van der Waals surface area contributed by atoms with Gasteiger partial charge in [-0.05, 0) is 31.4 Å². The third kappa shape index (κ3) is 3.98. The molecule has 1 heterocycles. The molecule has 2 fully saturated rings. The molecule has 23 heavy (non-hydrogen) atoms. The number of nitrogens with one attached hydrogen (secondary N) is 1. The van der Waals surface area contributed by atoms with Crippen molar-refractivity contribution in [2.24, 2.45) is 0 Å². The number of likely N-dealkylation sites (tertiary alicyclic amines) is 1. The molecule has 0 bridgehead atoms. The molecule has 1 aliphatic carbocycles. The summed E-state index contributed by atoms with van der Waals surface area (Å²) in [5.74, 6) is 0. The Hall–Kier alpha value is -1.71. The first-order chi connectivity index (χ1) is 11.3. The summed E-state index contributed by atoms with van der Waals surface area (Å²) in [6.07, 6.45) is 7.25. The lowest BCUT2D eigenvalue weighted by Gasteiger charge is -2.46. The molecule has 0 atom stereocenters. The average molecular weight is 315 g/mol. The van der Waals surface area contributed by atoms with Gasteiger partial charge in [-0.25, -0.2) is 4.79 Å². The zero-order chi connectivity index (χ0) is 16.1. The molecule has 0 unspecified atom stereocenters. The summed E-state index contributed by atoms with van der Waals surface area (Å²) < 4.78 is 0. The molecule has 1 aromatic carbocycles. The Labute approximate surface area is 139 Å². The largest absolute Gasteiger partial charge is 0.365 e. The van der Waals surface area contributed by atoms with Crippen molar-refractivity contribution in [1.29, 1.82) is 0 Å². The van der Waals surface area contributed by atoms with E-state index >= 15 is 0 Å². The molecule has 0 aromatic heterocycles. The highest BCUT2D eigenvalue weighted by molar-refractivity contribution is 5.76. The number of rotatable bonds is 5. The third-order valence-electron chi connectivity index (χ3n) is 5.08. The van der Waals surface area contributed by atoms with Gasteiger partial charge in [-0.2, -0.15) is 0 Å². The van der Waals surface area contributed by atoms with E-state index in [1.807, 2.05) is 4.90 Å². The number of nitrogens with zero attached hydrogens (tertiary/aromatic N) is 2. The van der Waals surface area contributed by atoms with Crippen molar-refractivity contribution in [1.82, 2.24) is 10.2 Å². The van der Waals surface area contributed by atoms with Crippen LogP contribution < -0.4 is 10.2 Å². The number of para-hydroxylation sites is 1. The smallest absolute Gasteiger partial charge is 0.317 e. The van der Waals surface area contributed by atoms with Gasteiger partial charge in [0.05, 0.1) is 6.04 Å². The normalized spacial score (nSPS) is 19.3. The first-order valence-corrected chi connectivity index (χ1v) is 9.15. The quantitative estimate of drug-likeness (QED) is 0.900. The van der Waals surface area contributed by atoms with Crippen molar-refractivity contribution < 1.29 is 4.79 Å². The minimum Gasteiger partial charge on any atom is -0.365 e. The Kier molecular flexibility index (Phi) is 5.42. The van der Waals surface area contributed by atoms with E-state index in [4.69, 9.17) is 0 Å². The van der Waals surface area contributed by atoms with Gasteiger partial charge in [-0.3, -0.25) is 0 Å². The summed E-state index contributed by atoms with van der Waals surface area (Å²) in [5.41, 5.74) is 1.27. The van der Waals surface area contributed by atoms with Crippen LogP contribution in [0.3, 0.4) is 0 Å². The zero-order valence-electron chi connectivity index (χ0n) is 14.2. The van der Waals surface area contributed by atoms with Crippen LogP contribution in [0.15, 0.2) is 30.3 Å². The SMILES string of the molecule is CCCN(c1ccccc1)C1CN(C(=O)NC2CCCCC2)C1. The van der Waals surface area contributed by atoms with Crippen molar-refractivity contribution in [3.05, 3.63) is 30.3 Å². The van der Waals surface area contributed by atoms with Crippen LogP contribution in [0.4, 0.5) is 10.5 Å². The second-order valence-electron chi connectivity index (χ2n) is 6.87. The van der Waals surface area contributed by atoms with Gasteiger partial charge in [0.25, 0.3) is 0 Å². The molecule has 0 spiro atoms. The number of benzene rings is 1. The predicted molar refractivity (Wildman–Crippen MR) is 94.8 cm³/mol. The van der Waals surface area contributed by atoms with Crippen LogP contribution in [0.25, 0.3) is 0 Å². The average Bonchev–Trinajstić information content (AvgIpc) is 2.54. The van der Waals surface area contributed by atoms with E-state index in [9.17, 15) is 4.79 Å². The molecule has 0 radical (unpaired) electrons. The van der Waals surface area contributed by atoms with Crippen LogP contribution in [0.2, 0.25) is 0 Å². The first kappa shape index (κ1) is 16.2. The van der Waals surface area contributed by atoms with Crippen molar-refractivity contribution >= 4 is 11.7 Å². The van der Waals surface area contributed by atoms with E-state index in [1.54, 1.807) is 0 Å². The van der Waals surface area contributed by atoms with Crippen LogP contribution in [0, 0.1) is 0 Å². The summed E-state index contributed by atoms with van der Waals surface area (Å²) in [6, 6.07) is 11.6. The van der Waals surface area contributed by atoms with Gasteiger partial charge in [0.15, 0.2) is 0 Å². The van der Waals surface area contributed by atoms with Crippen LogP contribution in [0.5, 0.6) is 0 Å². The lowest BCUT2D eigenvalue weighted by atomic mass is 9.95. The molecule has 1 N–H and O–H groups in total. The lowest BCUT2D eigenvalue weighted by molar-refractivity contribution is 0.143. The van der Waals surface area contributed by atoms with Gasteiger partial charge < -0.3 is 15.1 Å². The summed E-state index contributed by atoms with van der Waals surface area (Å²) >= 11 is 0. The summed E-state index contributed by atoms with van der Waals surface area (Å²) in [7, 11) is 0. The maximum absolute atomic E-state index is 12.4. The highest BCUT2D eigenvalue weighted by Crippen LogP contribution is 2.24. The summed E-state index contributed by atoms with van der Waals surface area (Å²) in [5, 5.41) is 3.22. The maximum atomic E-state index is 12.4. The van der Waals surface area contributed by atoms with E-state index in [2.05, 4.69) is 47.5 Å². The van der Waals surface area contributed by atoms with Crippen molar-refractivity contribution in [3.63, 3.8) is 0 Å². The van der Waals surface area contributed by atoms with Crippen LogP contribution in [-0.2, 0) is 0 Å². The fraction of sp³-hybridized carbons (Fsp3) is 0.632. The number of anilines is 1. The number of carbonyl (C=O) groups excluding carboxylic acids is 1. The Balaban J connectivity index is 1.51. The monoisotopic (exact) mass is 315 g/mol. The van der Waals surface area contributed by atoms with Gasteiger partial charge >= 0.3 is 6.03 Å². The van der Waals surface area contributed by atoms with Gasteiger partial charge in [-0.1, -0.05) is 44.4 Å². The summed E-state index contributed by atoms with van der Waals surface area (Å²) in [4.78, 5) is 16.8. The van der Waals surface area contributed by atoms with Gasteiger partial charge in [0.2, 0.25) is 0 Å². The number of urea groups is 1. The van der Waals surface area contributed by atoms with Crippen molar-refractivity contribution in [3.8, 4) is 0 Å². The third-order valence-corrected chi connectivity index (χ3v) is 5.08. The molecule has 2 aliphatic rings. The van der Waals surface area contributed by atoms with Gasteiger partial charge in [-0.15, -0.1) is 0 Å².